The third-order valence-corrected chi connectivity index (χ3v) is 5.89. The molecular weight excluding hydrogens is 393 g/mol. The van der Waals surface area contributed by atoms with Crippen LogP contribution in [0.5, 0.6) is 0 Å². The number of nitrogens with one attached hydrogen (secondary N) is 1. The van der Waals surface area contributed by atoms with Crippen LogP contribution in [-0.4, -0.2) is 40.9 Å². The van der Waals surface area contributed by atoms with Gasteiger partial charge in [-0.1, -0.05) is 42.8 Å². The zero-order chi connectivity index (χ0) is 21.6. The van der Waals surface area contributed by atoms with Crippen LogP contribution in [0.1, 0.15) is 48.2 Å². The predicted molar refractivity (Wildman–Crippen MR) is 119 cm³/mol. The average molecular weight is 422 g/mol. The molecule has 0 atom stereocenters. The topological polar surface area (TPSA) is 54.3 Å². The van der Waals surface area contributed by atoms with E-state index in [1.165, 1.54) is 6.07 Å². The Kier molecular flexibility index (Phi) is 6.65. The number of rotatable bonds is 7. The number of carbonyl (C=O) groups excluding carboxylic acids is 2. The molecule has 6 heteroatoms. The van der Waals surface area contributed by atoms with Crippen molar-refractivity contribution in [2.75, 3.05) is 19.6 Å². The zero-order valence-electron chi connectivity index (χ0n) is 17.6. The number of hydrogen-bond acceptors (Lipinski definition) is 2. The molecule has 0 saturated carbocycles. The Balaban J connectivity index is 1.45. The molecule has 0 unspecified atom stereocenters. The summed E-state index contributed by atoms with van der Waals surface area (Å²) in [7, 11) is 0. The third kappa shape index (κ3) is 4.95. The molecule has 2 aromatic carbocycles. The summed E-state index contributed by atoms with van der Waals surface area (Å²) < 4.78 is 16.1. The van der Waals surface area contributed by atoms with Gasteiger partial charge in [0.1, 0.15) is 11.5 Å². The summed E-state index contributed by atoms with van der Waals surface area (Å²) in [4.78, 5) is 27.0. The molecule has 162 valence electrons. The zero-order valence-corrected chi connectivity index (χ0v) is 17.6. The van der Waals surface area contributed by atoms with Gasteiger partial charge in [-0.25, -0.2) is 4.39 Å². The number of benzene rings is 2. The second kappa shape index (κ2) is 9.77. The fourth-order valence-electron chi connectivity index (χ4n) is 4.20. The van der Waals surface area contributed by atoms with Crippen molar-refractivity contribution < 1.29 is 14.0 Å². The number of fused-ring (bicyclic) bond motifs is 1. The van der Waals surface area contributed by atoms with Crippen LogP contribution in [0.25, 0.3) is 10.9 Å². The van der Waals surface area contributed by atoms with Gasteiger partial charge in [0.25, 0.3) is 5.91 Å². The van der Waals surface area contributed by atoms with E-state index in [1.54, 1.807) is 18.2 Å². The minimum atomic E-state index is -0.284. The quantitative estimate of drug-likeness (QED) is 0.577. The van der Waals surface area contributed by atoms with Crippen molar-refractivity contribution in [1.29, 1.82) is 0 Å². The lowest BCUT2D eigenvalue weighted by Crippen LogP contribution is -2.34. The van der Waals surface area contributed by atoms with Crippen molar-refractivity contribution in [2.24, 2.45) is 0 Å². The van der Waals surface area contributed by atoms with Crippen molar-refractivity contribution >= 4 is 22.7 Å². The molecule has 1 fully saturated rings. The van der Waals surface area contributed by atoms with E-state index in [2.05, 4.69) is 5.32 Å². The van der Waals surface area contributed by atoms with Gasteiger partial charge in [-0.3, -0.25) is 9.59 Å². The van der Waals surface area contributed by atoms with Crippen LogP contribution < -0.4 is 5.32 Å². The van der Waals surface area contributed by atoms with Crippen molar-refractivity contribution in [2.45, 2.75) is 38.6 Å². The van der Waals surface area contributed by atoms with Gasteiger partial charge in [0.05, 0.1) is 6.54 Å². The molecule has 5 nitrogen and oxygen atoms in total. The van der Waals surface area contributed by atoms with Crippen LogP contribution in [0.15, 0.2) is 54.6 Å². The fourth-order valence-corrected chi connectivity index (χ4v) is 4.20. The minimum Gasteiger partial charge on any atom is -0.351 e. The number of likely N-dealkylation sites (tertiary alicyclic amines) is 1. The van der Waals surface area contributed by atoms with E-state index in [1.807, 2.05) is 39.8 Å². The first-order chi connectivity index (χ1) is 15.1. The maximum absolute atomic E-state index is 14.3. The number of halogens is 1. The van der Waals surface area contributed by atoms with Gasteiger partial charge in [-0.05, 0) is 37.5 Å². The summed E-state index contributed by atoms with van der Waals surface area (Å²) in [6, 6.07) is 16.2. The monoisotopic (exact) mass is 421 g/mol. The van der Waals surface area contributed by atoms with Gasteiger partial charge in [0.2, 0.25) is 5.91 Å². The van der Waals surface area contributed by atoms with Gasteiger partial charge >= 0.3 is 0 Å². The van der Waals surface area contributed by atoms with Crippen LogP contribution >= 0.6 is 0 Å². The van der Waals surface area contributed by atoms with E-state index in [0.29, 0.717) is 37.2 Å². The fraction of sp³-hybridized carbons (Fsp3) is 0.360. The molecule has 0 aliphatic carbocycles. The Labute approximate surface area is 181 Å². The molecule has 1 saturated heterocycles. The smallest absolute Gasteiger partial charge is 0.267 e. The molecule has 1 N–H and O–H groups in total. The molecule has 1 aliphatic heterocycles. The first kappa shape index (κ1) is 21.1. The van der Waals surface area contributed by atoms with E-state index in [0.717, 1.165) is 36.7 Å². The lowest BCUT2D eigenvalue weighted by molar-refractivity contribution is -0.130. The van der Waals surface area contributed by atoms with Gasteiger partial charge in [0.15, 0.2) is 0 Å². The van der Waals surface area contributed by atoms with Crippen LogP contribution in [0.3, 0.4) is 0 Å². The highest BCUT2D eigenvalue weighted by molar-refractivity contribution is 5.98. The molecule has 2 amide bonds. The summed E-state index contributed by atoms with van der Waals surface area (Å²) in [6.07, 6.45) is 4.46. The summed E-state index contributed by atoms with van der Waals surface area (Å²) in [5, 5.41) is 3.92. The van der Waals surface area contributed by atoms with Crippen molar-refractivity contribution in [3.63, 3.8) is 0 Å². The molecular formula is C25H28FN3O2. The number of para-hydroxylation sites is 1. The molecule has 0 bridgehead atoms. The van der Waals surface area contributed by atoms with Crippen LogP contribution in [0.4, 0.5) is 4.39 Å². The van der Waals surface area contributed by atoms with E-state index in [4.69, 9.17) is 0 Å². The highest BCUT2D eigenvalue weighted by Crippen LogP contribution is 2.22. The molecule has 2 heterocycles. The van der Waals surface area contributed by atoms with Crippen molar-refractivity contribution in [3.8, 4) is 0 Å². The number of aromatic nitrogens is 1. The second-order valence-corrected chi connectivity index (χ2v) is 8.07. The van der Waals surface area contributed by atoms with Gasteiger partial charge < -0.3 is 14.8 Å². The molecule has 1 aromatic heterocycles. The second-order valence-electron chi connectivity index (χ2n) is 8.07. The normalized spacial score (nSPS) is 14.6. The standard InChI is InChI=1S/C25H28FN3O2/c26-21-11-5-3-10-20(21)18-29-22-12-6-4-9-19(22)17-23(29)25(31)27-14-8-16-28-15-7-1-2-13-24(28)30/h3-6,9-12,17H,1-2,7-8,13-16,18H2,(H,27,31). The summed E-state index contributed by atoms with van der Waals surface area (Å²) >= 11 is 0. The highest BCUT2D eigenvalue weighted by Gasteiger charge is 2.18. The van der Waals surface area contributed by atoms with Gasteiger partial charge in [-0.2, -0.15) is 0 Å². The lowest BCUT2D eigenvalue weighted by atomic mass is 10.2. The number of hydrogen-bond donors (Lipinski definition) is 1. The van der Waals surface area contributed by atoms with Crippen LogP contribution in [0.2, 0.25) is 0 Å². The maximum Gasteiger partial charge on any atom is 0.267 e. The number of carbonyl (C=O) groups is 2. The third-order valence-electron chi connectivity index (χ3n) is 5.89. The summed E-state index contributed by atoms with van der Waals surface area (Å²) in [5.74, 6) is -0.252. The molecule has 0 spiro atoms. The van der Waals surface area contributed by atoms with E-state index in [-0.39, 0.29) is 24.2 Å². The largest absolute Gasteiger partial charge is 0.351 e. The van der Waals surface area contributed by atoms with Crippen LogP contribution in [-0.2, 0) is 11.3 Å². The van der Waals surface area contributed by atoms with Crippen LogP contribution in [0, 0.1) is 5.82 Å². The molecule has 1 aliphatic rings. The van der Waals surface area contributed by atoms with Crippen molar-refractivity contribution in [3.05, 3.63) is 71.7 Å². The average Bonchev–Trinajstić information content (AvgIpc) is 3.01. The molecule has 3 aromatic rings. The lowest BCUT2D eigenvalue weighted by Gasteiger charge is -2.20. The number of amides is 2. The number of nitrogens with zero attached hydrogens (tertiary/aromatic N) is 2. The van der Waals surface area contributed by atoms with Gasteiger partial charge in [0, 0.05) is 42.5 Å². The first-order valence-corrected chi connectivity index (χ1v) is 11.0. The summed E-state index contributed by atoms with van der Waals surface area (Å²) in [5.41, 5.74) is 1.94. The van der Waals surface area contributed by atoms with Crippen molar-refractivity contribution in [1.82, 2.24) is 14.8 Å². The van der Waals surface area contributed by atoms with Gasteiger partial charge in [-0.15, -0.1) is 0 Å². The first-order valence-electron chi connectivity index (χ1n) is 11.0. The molecule has 31 heavy (non-hydrogen) atoms. The maximum atomic E-state index is 14.3. The van der Waals surface area contributed by atoms with E-state index >= 15 is 0 Å². The highest BCUT2D eigenvalue weighted by atomic mass is 19.1. The molecule has 0 radical (unpaired) electrons. The Bertz CT molecular complexity index is 1080. The minimum absolute atomic E-state index is 0.185. The Hall–Kier alpha value is -3.15. The predicted octanol–water partition coefficient (Wildman–Crippen LogP) is 4.35. The van der Waals surface area contributed by atoms with E-state index < -0.39 is 0 Å². The molecule has 4 rings (SSSR count). The Morgan fingerprint density at radius 2 is 1.84 bits per heavy atom. The Morgan fingerprint density at radius 3 is 2.71 bits per heavy atom. The Morgan fingerprint density at radius 1 is 1.03 bits per heavy atom. The SMILES string of the molecule is O=C(NCCCN1CCCCCC1=O)c1cc2ccccc2n1Cc1ccccc1F. The van der Waals surface area contributed by atoms with E-state index in [9.17, 15) is 14.0 Å². The summed E-state index contributed by atoms with van der Waals surface area (Å²) in [6.45, 7) is 2.25.